The average molecular weight is 307 g/mol. The molecule has 0 radical (unpaired) electrons. The molecule has 1 aliphatic carbocycles. The van der Waals surface area contributed by atoms with E-state index in [0.717, 1.165) is 45.3 Å². The van der Waals surface area contributed by atoms with Crippen molar-refractivity contribution in [3.63, 3.8) is 0 Å². The molecule has 0 spiro atoms. The zero-order valence-electron chi connectivity index (χ0n) is 13.6. The van der Waals surface area contributed by atoms with Gasteiger partial charge in [0, 0.05) is 19.0 Å². The number of amides is 2. The molecule has 0 aromatic rings. The van der Waals surface area contributed by atoms with Crippen LogP contribution in [0.25, 0.3) is 0 Å². The first-order chi connectivity index (χ1) is 10.6. The maximum absolute atomic E-state index is 12.6. The van der Waals surface area contributed by atoms with Crippen LogP contribution < -0.4 is 10.6 Å². The molecule has 0 aromatic heterocycles. The summed E-state index contributed by atoms with van der Waals surface area (Å²) in [6.45, 7) is 5.09. The highest BCUT2D eigenvalue weighted by Gasteiger charge is 2.37. The highest BCUT2D eigenvalue weighted by molar-refractivity contribution is 5.88. The Balaban J connectivity index is 1.52. The minimum atomic E-state index is -0.215. The van der Waals surface area contributed by atoms with Crippen molar-refractivity contribution in [2.75, 3.05) is 19.6 Å². The van der Waals surface area contributed by atoms with E-state index in [0.29, 0.717) is 24.3 Å². The molecule has 0 aromatic carbocycles. The van der Waals surface area contributed by atoms with Crippen molar-refractivity contribution < 1.29 is 9.59 Å². The summed E-state index contributed by atoms with van der Waals surface area (Å²) in [4.78, 5) is 26.8. The Morgan fingerprint density at radius 2 is 1.91 bits per heavy atom. The zero-order valence-corrected chi connectivity index (χ0v) is 13.6. The molecule has 3 fully saturated rings. The van der Waals surface area contributed by atoms with Crippen LogP contribution >= 0.6 is 0 Å². The number of carbonyl (C=O) groups is 2. The van der Waals surface area contributed by atoms with Gasteiger partial charge in [-0.15, -0.1) is 0 Å². The summed E-state index contributed by atoms with van der Waals surface area (Å²) in [7, 11) is 0. The Morgan fingerprint density at radius 3 is 2.59 bits per heavy atom. The first-order valence-corrected chi connectivity index (χ1v) is 8.95. The van der Waals surface area contributed by atoms with Gasteiger partial charge in [0.05, 0.1) is 0 Å². The fraction of sp³-hybridized carbons (Fsp3) is 0.882. The van der Waals surface area contributed by atoms with E-state index in [4.69, 9.17) is 0 Å². The average Bonchev–Trinajstić information content (AvgIpc) is 3.19. The van der Waals surface area contributed by atoms with Gasteiger partial charge in [-0.3, -0.25) is 9.59 Å². The molecule has 2 heterocycles. The summed E-state index contributed by atoms with van der Waals surface area (Å²) in [5.74, 6) is 1.32. The van der Waals surface area contributed by atoms with Gasteiger partial charge in [-0.1, -0.05) is 6.92 Å². The molecule has 1 saturated carbocycles. The lowest BCUT2D eigenvalue weighted by atomic mass is 9.84. The summed E-state index contributed by atoms with van der Waals surface area (Å²) in [5.41, 5.74) is 0. The van der Waals surface area contributed by atoms with Crippen LogP contribution in [-0.2, 0) is 9.59 Å². The molecule has 0 bridgehead atoms. The van der Waals surface area contributed by atoms with Gasteiger partial charge in [-0.25, -0.2) is 0 Å². The Kier molecular flexibility index (Phi) is 5.01. The summed E-state index contributed by atoms with van der Waals surface area (Å²) in [6, 6.07) is 0.159. The summed E-state index contributed by atoms with van der Waals surface area (Å²) < 4.78 is 0. The molecule has 2 N–H and O–H groups in total. The number of hydrogen-bond acceptors (Lipinski definition) is 3. The minimum absolute atomic E-state index is 0.0721. The molecular weight excluding hydrogens is 278 g/mol. The van der Waals surface area contributed by atoms with Crippen molar-refractivity contribution in [2.45, 2.75) is 64.0 Å². The molecule has 124 valence electrons. The smallest absolute Gasteiger partial charge is 0.243 e. The number of piperidine rings is 1. The van der Waals surface area contributed by atoms with Crippen LogP contribution in [0.2, 0.25) is 0 Å². The molecule has 5 nitrogen and oxygen atoms in total. The molecule has 2 atom stereocenters. The number of nitrogens with zero attached hydrogens (tertiary/aromatic N) is 1. The van der Waals surface area contributed by atoms with Crippen molar-refractivity contribution >= 4 is 11.8 Å². The highest BCUT2D eigenvalue weighted by atomic mass is 16.2. The van der Waals surface area contributed by atoms with Crippen LogP contribution in [0.4, 0.5) is 0 Å². The highest BCUT2D eigenvalue weighted by Crippen LogP contribution is 2.27. The third kappa shape index (κ3) is 3.80. The van der Waals surface area contributed by atoms with Gasteiger partial charge in [0.1, 0.15) is 6.04 Å². The lowest BCUT2D eigenvalue weighted by Gasteiger charge is -2.30. The summed E-state index contributed by atoms with van der Waals surface area (Å²) in [5, 5.41) is 6.43. The van der Waals surface area contributed by atoms with Crippen molar-refractivity contribution in [3.8, 4) is 0 Å². The number of carbonyl (C=O) groups excluding carboxylic acids is 2. The number of likely N-dealkylation sites (tertiary alicyclic amines) is 1. The van der Waals surface area contributed by atoms with E-state index < -0.39 is 0 Å². The predicted octanol–water partition coefficient (Wildman–Crippen LogP) is 1.28. The van der Waals surface area contributed by atoms with E-state index in [-0.39, 0.29) is 17.9 Å². The van der Waals surface area contributed by atoms with Crippen molar-refractivity contribution in [1.82, 2.24) is 15.5 Å². The van der Waals surface area contributed by atoms with E-state index in [1.165, 1.54) is 12.8 Å². The third-order valence-corrected chi connectivity index (χ3v) is 5.48. The van der Waals surface area contributed by atoms with Gasteiger partial charge in [-0.05, 0) is 63.5 Å². The van der Waals surface area contributed by atoms with Gasteiger partial charge in [0.15, 0.2) is 0 Å². The van der Waals surface area contributed by atoms with Crippen molar-refractivity contribution in [3.05, 3.63) is 0 Å². The molecule has 3 aliphatic rings. The largest absolute Gasteiger partial charge is 0.352 e. The maximum atomic E-state index is 12.6. The first-order valence-electron chi connectivity index (χ1n) is 8.95. The molecule has 2 aliphatic heterocycles. The standard InChI is InChI=1S/C17H29N3O2/c1-12(13-6-8-18-9-7-13)11-16(21)20-10-2-3-15(20)17(22)19-14-4-5-14/h12-15,18H,2-11H2,1H3,(H,19,22). The van der Waals surface area contributed by atoms with E-state index in [2.05, 4.69) is 17.6 Å². The van der Waals surface area contributed by atoms with E-state index in [1.807, 2.05) is 4.90 Å². The lowest BCUT2D eigenvalue weighted by Crippen LogP contribution is -2.47. The number of nitrogens with one attached hydrogen (secondary N) is 2. The van der Waals surface area contributed by atoms with Crippen molar-refractivity contribution in [2.24, 2.45) is 11.8 Å². The number of hydrogen-bond donors (Lipinski definition) is 2. The summed E-state index contributed by atoms with van der Waals surface area (Å²) in [6.07, 6.45) is 6.90. The fourth-order valence-corrected chi connectivity index (χ4v) is 3.84. The SMILES string of the molecule is CC(CC(=O)N1CCCC1C(=O)NC1CC1)C1CCNCC1. The molecule has 22 heavy (non-hydrogen) atoms. The molecule has 3 rings (SSSR count). The number of rotatable bonds is 5. The van der Waals surface area contributed by atoms with Crippen LogP contribution in [0.1, 0.15) is 51.9 Å². The molecular formula is C17H29N3O2. The van der Waals surface area contributed by atoms with Gasteiger partial charge in [-0.2, -0.15) is 0 Å². The third-order valence-electron chi connectivity index (χ3n) is 5.48. The quantitative estimate of drug-likeness (QED) is 0.804. The molecule has 2 unspecified atom stereocenters. The normalized spacial score (nSPS) is 27.7. The summed E-state index contributed by atoms with van der Waals surface area (Å²) >= 11 is 0. The minimum Gasteiger partial charge on any atom is -0.352 e. The lowest BCUT2D eigenvalue weighted by molar-refractivity contribution is -0.139. The monoisotopic (exact) mass is 307 g/mol. The first kappa shape index (κ1) is 15.8. The Morgan fingerprint density at radius 1 is 1.18 bits per heavy atom. The van der Waals surface area contributed by atoms with Gasteiger partial charge in [0.25, 0.3) is 0 Å². The van der Waals surface area contributed by atoms with Crippen LogP contribution in [0.5, 0.6) is 0 Å². The maximum Gasteiger partial charge on any atom is 0.243 e. The second kappa shape index (κ2) is 6.99. The second-order valence-electron chi connectivity index (χ2n) is 7.30. The van der Waals surface area contributed by atoms with Gasteiger partial charge >= 0.3 is 0 Å². The van der Waals surface area contributed by atoms with E-state index in [9.17, 15) is 9.59 Å². The fourth-order valence-electron chi connectivity index (χ4n) is 3.84. The Labute approximate surface area is 133 Å². The zero-order chi connectivity index (χ0) is 15.5. The van der Waals surface area contributed by atoms with Crippen LogP contribution in [-0.4, -0.2) is 48.4 Å². The van der Waals surface area contributed by atoms with Crippen molar-refractivity contribution in [1.29, 1.82) is 0 Å². The van der Waals surface area contributed by atoms with Gasteiger partial charge in [0.2, 0.25) is 11.8 Å². The molecule has 5 heteroatoms. The molecule has 2 amide bonds. The van der Waals surface area contributed by atoms with Crippen LogP contribution in [0, 0.1) is 11.8 Å². The van der Waals surface area contributed by atoms with Gasteiger partial charge < -0.3 is 15.5 Å². The van der Waals surface area contributed by atoms with E-state index >= 15 is 0 Å². The second-order valence-corrected chi connectivity index (χ2v) is 7.30. The van der Waals surface area contributed by atoms with E-state index in [1.54, 1.807) is 0 Å². The van der Waals surface area contributed by atoms with Crippen LogP contribution in [0.3, 0.4) is 0 Å². The Hall–Kier alpha value is -1.10. The molecule has 2 saturated heterocycles. The topological polar surface area (TPSA) is 61.4 Å². The Bertz CT molecular complexity index is 416. The predicted molar refractivity (Wildman–Crippen MR) is 85.3 cm³/mol. The van der Waals surface area contributed by atoms with Crippen LogP contribution in [0.15, 0.2) is 0 Å².